The normalized spacial score (nSPS) is 12.5. The Morgan fingerprint density at radius 1 is 1.47 bits per heavy atom. The maximum Gasteiger partial charge on any atom is 0.125 e. The summed E-state index contributed by atoms with van der Waals surface area (Å²) in [5, 5.41) is 3.36. The first-order valence-corrected chi connectivity index (χ1v) is 6.72. The van der Waals surface area contributed by atoms with E-state index in [9.17, 15) is 0 Å². The monoisotopic (exact) mass is 224 g/mol. The molecule has 3 heteroatoms. The minimum Gasteiger partial charge on any atom is -0.370 e. The summed E-state index contributed by atoms with van der Waals surface area (Å²) in [6, 6.07) is 4.15. The molecule has 0 aromatic carbocycles. The summed E-state index contributed by atoms with van der Waals surface area (Å²) in [6.07, 6.45) is 6.50. The first-order chi connectivity index (χ1) is 7.26. The lowest BCUT2D eigenvalue weighted by atomic mass is 10.1. The lowest BCUT2D eigenvalue weighted by molar-refractivity contribution is 0.550. The van der Waals surface area contributed by atoms with Gasteiger partial charge in [0.2, 0.25) is 0 Å². The molecule has 84 valence electrons. The molecule has 0 saturated heterocycles. The van der Waals surface area contributed by atoms with Crippen molar-refractivity contribution in [1.82, 2.24) is 4.98 Å². The van der Waals surface area contributed by atoms with E-state index in [2.05, 4.69) is 36.5 Å². The van der Waals surface area contributed by atoms with Crippen LogP contribution in [0.4, 0.5) is 5.82 Å². The van der Waals surface area contributed by atoms with E-state index in [4.69, 9.17) is 0 Å². The molecule has 2 nitrogen and oxygen atoms in total. The van der Waals surface area contributed by atoms with E-state index in [-0.39, 0.29) is 0 Å². The van der Waals surface area contributed by atoms with E-state index < -0.39 is 0 Å². The number of rotatable bonds is 6. The maximum atomic E-state index is 4.35. The van der Waals surface area contributed by atoms with Crippen LogP contribution in [0.3, 0.4) is 0 Å². The predicted molar refractivity (Wildman–Crippen MR) is 68.6 cm³/mol. The van der Waals surface area contributed by atoms with Gasteiger partial charge in [-0.05, 0) is 30.7 Å². The molecule has 1 rings (SSSR count). The van der Waals surface area contributed by atoms with Crippen LogP contribution < -0.4 is 5.32 Å². The Hall–Kier alpha value is -0.700. The third-order valence-corrected chi connectivity index (χ3v) is 3.10. The second-order valence-electron chi connectivity index (χ2n) is 3.86. The SMILES string of the molecule is CCCC(C)CNc1ccc(SC)cn1. The van der Waals surface area contributed by atoms with E-state index in [1.54, 1.807) is 11.8 Å². The fourth-order valence-corrected chi connectivity index (χ4v) is 1.84. The third-order valence-electron chi connectivity index (χ3n) is 2.39. The third kappa shape index (κ3) is 4.56. The van der Waals surface area contributed by atoms with E-state index in [0.29, 0.717) is 0 Å². The lowest BCUT2D eigenvalue weighted by Gasteiger charge is -2.11. The minimum atomic E-state index is 0.719. The highest BCUT2D eigenvalue weighted by molar-refractivity contribution is 7.98. The Morgan fingerprint density at radius 2 is 2.27 bits per heavy atom. The zero-order chi connectivity index (χ0) is 11.1. The summed E-state index contributed by atoms with van der Waals surface area (Å²) in [5.41, 5.74) is 0. The standard InChI is InChI=1S/C12H20N2S/c1-4-5-10(2)8-13-12-7-6-11(15-3)9-14-12/h6-7,9-10H,4-5,8H2,1-3H3,(H,13,14). The lowest BCUT2D eigenvalue weighted by Crippen LogP contribution is -2.11. The molecule has 1 unspecified atom stereocenters. The highest BCUT2D eigenvalue weighted by Gasteiger charge is 2.00. The molecule has 1 N–H and O–H groups in total. The second-order valence-corrected chi connectivity index (χ2v) is 4.74. The van der Waals surface area contributed by atoms with E-state index >= 15 is 0 Å². The van der Waals surface area contributed by atoms with Gasteiger partial charge in [0.25, 0.3) is 0 Å². The first kappa shape index (κ1) is 12.4. The molecule has 0 bridgehead atoms. The van der Waals surface area contributed by atoms with Crippen molar-refractivity contribution in [3.05, 3.63) is 18.3 Å². The number of thioether (sulfide) groups is 1. The maximum absolute atomic E-state index is 4.35. The largest absolute Gasteiger partial charge is 0.370 e. The fraction of sp³-hybridized carbons (Fsp3) is 0.583. The number of hydrogen-bond donors (Lipinski definition) is 1. The van der Waals surface area contributed by atoms with Crippen molar-refractivity contribution in [2.75, 3.05) is 18.1 Å². The highest BCUT2D eigenvalue weighted by Crippen LogP contribution is 2.15. The summed E-state index contributed by atoms with van der Waals surface area (Å²) in [7, 11) is 0. The molecular formula is C12H20N2S. The first-order valence-electron chi connectivity index (χ1n) is 5.50. The summed E-state index contributed by atoms with van der Waals surface area (Å²) in [5.74, 6) is 1.70. The van der Waals surface area contributed by atoms with Gasteiger partial charge in [0.05, 0.1) is 0 Å². The Morgan fingerprint density at radius 3 is 2.80 bits per heavy atom. The molecule has 0 spiro atoms. The van der Waals surface area contributed by atoms with Crippen molar-refractivity contribution in [3.63, 3.8) is 0 Å². The van der Waals surface area contributed by atoms with Crippen LogP contribution in [0.1, 0.15) is 26.7 Å². The van der Waals surface area contributed by atoms with Crippen molar-refractivity contribution in [2.24, 2.45) is 5.92 Å². The molecular weight excluding hydrogens is 204 g/mol. The Labute approximate surface area is 96.9 Å². The second kappa shape index (κ2) is 6.72. The van der Waals surface area contributed by atoms with Crippen molar-refractivity contribution in [2.45, 2.75) is 31.6 Å². The zero-order valence-electron chi connectivity index (χ0n) is 9.79. The molecule has 0 aliphatic carbocycles. The van der Waals surface area contributed by atoms with Gasteiger partial charge in [0, 0.05) is 17.6 Å². The average Bonchev–Trinajstić information content (AvgIpc) is 2.27. The van der Waals surface area contributed by atoms with Crippen LogP contribution in [-0.2, 0) is 0 Å². The molecule has 0 aliphatic heterocycles. The summed E-state index contributed by atoms with van der Waals surface area (Å²) in [4.78, 5) is 5.56. The Balaban J connectivity index is 2.37. The van der Waals surface area contributed by atoms with Crippen LogP contribution in [0.2, 0.25) is 0 Å². The van der Waals surface area contributed by atoms with Crippen LogP contribution in [0.25, 0.3) is 0 Å². The van der Waals surface area contributed by atoms with Crippen LogP contribution in [0.15, 0.2) is 23.2 Å². The Kier molecular flexibility index (Phi) is 5.54. The summed E-state index contributed by atoms with van der Waals surface area (Å²) in [6.45, 7) is 5.51. The van der Waals surface area contributed by atoms with Gasteiger partial charge >= 0.3 is 0 Å². The van der Waals surface area contributed by atoms with Gasteiger partial charge in [0.1, 0.15) is 5.82 Å². The Bertz CT molecular complexity index is 271. The molecule has 0 radical (unpaired) electrons. The van der Waals surface area contributed by atoms with Crippen LogP contribution in [-0.4, -0.2) is 17.8 Å². The summed E-state index contributed by atoms with van der Waals surface area (Å²) >= 11 is 1.72. The smallest absolute Gasteiger partial charge is 0.125 e. The van der Waals surface area contributed by atoms with Crippen molar-refractivity contribution < 1.29 is 0 Å². The zero-order valence-corrected chi connectivity index (χ0v) is 10.6. The fourth-order valence-electron chi connectivity index (χ4n) is 1.48. The molecule has 1 aromatic heterocycles. The van der Waals surface area contributed by atoms with E-state index in [1.165, 1.54) is 17.7 Å². The molecule has 15 heavy (non-hydrogen) atoms. The van der Waals surface area contributed by atoms with Gasteiger partial charge in [-0.15, -0.1) is 11.8 Å². The number of pyridine rings is 1. The van der Waals surface area contributed by atoms with E-state index in [1.807, 2.05) is 12.3 Å². The van der Waals surface area contributed by atoms with Gasteiger partial charge in [-0.1, -0.05) is 20.3 Å². The van der Waals surface area contributed by atoms with Crippen LogP contribution >= 0.6 is 11.8 Å². The molecule has 1 heterocycles. The quantitative estimate of drug-likeness (QED) is 0.747. The number of hydrogen-bond acceptors (Lipinski definition) is 3. The van der Waals surface area contributed by atoms with Gasteiger partial charge < -0.3 is 5.32 Å². The molecule has 0 aliphatic rings. The molecule has 1 aromatic rings. The van der Waals surface area contributed by atoms with Gasteiger partial charge in [0.15, 0.2) is 0 Å². The van der Waals surface area contributed by atoms with E-state index in [0.717, 1.165) is 18.3 Å². The van der Waals surface area contributed by atoms with Crippen LogP contribution in [0, 0.1) is 5.92 Å². The van der Waals surface area contributed by atoms with Crippen LogP contribution in [0.5, 0.6) is 0 Å². The number of nitrogens with zero attached hydrogens (tertiary/aromatic N) is 1. The molecule has 1 atom stereocenters. The molecule has 0 saturated carbocycles. The van der Waals surface area contributed by atoms with Gasteiger partial charge in [-0.2, -0.15) is 0 Å². The molecule has 0 amide bonds. The summed E-state index contributed by atoms with van der Waals surface area (Å²) < 4.78 is 0. The topological polar surface area (TPSA) is 24.9 Å². The highest BCUT2D eigenvalue weighted by atomic mass is 32.2. The van der Waals surface area contributed by atoms with Crippen molar-refractivity contribution >= 4 is 17.6 Å². The van der Waals surface area contributed by atoms with Crippen molar-refractivity contribution in [1.29, 1.82) is 0 Å². The number of nitrogens with one attached hydrogen (secondary N) is 1. The van der Waals surface area contributed by atoms with Gasteiger partial charge in [-0.3, -0.25) is 0 Å². The predicted octanol–water partition coefficient (Wildman–Crippen LogP) is 3.65. The van der Waals surface area contributed by atoms with Gasteiger partial charge in [-0.25, -0.2) is 4.98 Å². The number of anilines is 1. The van der Waals surface area contributed by atoms with Crippen molar-refractivity contribution in [3.8, 4) is 0 Å². The molecule has 0 fully saturated rings. The number of aromatic nitrogens is 1. The minimum absolute atomic E-state index is 0.719. The average molecular weight is 224 g/mol.